The average molecular weight is 417 g/mol. The summed E-state index contributed by atoms with van der Waals surface area (Å²) in [6.07, 6.45) is 0.473. The second-order valence-corrected chi connectivity index (χ2v) is 8.60. The predicted molar refractivity (Wildman–Crippen MR) is 115 cm³/mol. The SMILES string of the molecule is CN(C)CCN(CC(=O)OC(C)(C)C)C(=O)C1=NN(Cc2ccccc2)C(=O)CC1. The van der Waals surface area contributed by atoms with Crippen molar-refractivity contribution in [3.8, 4) is 0 Å². The lowest BCUT2D eigenvalue weighted by atomic mass is 10.1. The van der Waals surface area contributed by atoms with Crippen molar-refractivity contribution in [1.82, 2.24) is 14.8 Å². The summed E-state index contributed by atoms with van der Waals surface area (Å²) in [5.41, 5.74) is 0.587. The highest BCUT2D eigenvalue weighted by Crippen LogP contribution is 2.15. The van der Waals surface area contributed by atoms with Crippen molar-refractivity contribution in [2.45, 2.75) is 45.8 Å². The molecule has 0 bridgehead atoms. The van der Waals surface area contributed by atoms with Crippen molar-refractivity contribution in [2.24, 2.45) is 5.10 Å². The van der Waals surface area contributed by atoms with Gasteiger partial charge in [0.1, 0.15) is 17.9 Å². The van der Waals surface area contributed by atoms with E-state index in [9.17, 15) is 14.4 Å². The van der Waals surface area contributed by atoms with Crippen LogP contribution in [-0.4, -0.2) is 77.6 Å². The van der Waals surface area contributed by atoms with E-state index in [1.807, 2.05) is 49.3 Å². The summed E-state index contributed by atoms with van der Waals surface area (Å²) < 4.78 is 5.38. The second kappa shape index (κ2) is 10.3. The van der Waals surface area contributed by atoms with Crippen LogP contribution in [0.1, 0.15) is 39.2 Å². The molecule has 0 atom stereocenters. The van der Waals surface area contributed by atoms with Crippen LogP contribution in [0.5, 0.6) is 0 Å². The number of ether oxygens (including phenoxy) is 1. The quantitative estimate of drug-likeness (QED) is 0.605. The summed E-state index contributed by atoms with van der Waals surface area (Å²) in [5, 5.41) is 5.67. The molecule has 1 heterocycles. The van der Waals surface area contributed by atoms with E-state index in [-0.39, 0.29) is 36.9 Å². The van der Waals surface area contributed by atoms with Gasteiger partial charge in [0.25, 0.3) is 5.91 Å². The number of benzene rings is 1. The zero-order valence-electron chi connectivity index (χ0n) is 18.6. The molecule has 0 radical (unpaired) electrons. The minimum Gasteiger partial charge on any atom is -0.459 e. The van der Waals surface area contributed by atoms with Crippen molar-refractivity contribution in [3.63, 3.8) is 0 Å². The van der Waals surface area contributed by atoms with Crippen molar-refractivity contribution in [1.29, 1.82) is 0 Å². The van der Waals surface area contributed by atoms with Crippen LogP contribution < -0.4 is 0 Å². The van der Waals surface area contributed by atoms with Crippen LogP contribution in [0, 0.1) is 0 Å². The van der Waals surface area contributed by atoms with E-state index in [1.54, 1.807) is 20.8 Å². The standard InChI is InChI=1S/C22H32N4O4/c1-22(2,3)30-20(28)16-25(14-13-24(4)5)21(29)18-11-12-19(27)26(23-18)15-17-9-7-6-8-10-17/h6-10H,11-16H2,1-5H3. The Kier molecular flexibility index (Phi) is 8.11. The van der Waals surface area contributed by atoms with Gasteiger partial charge in [-0.05, 0) is 40.4 Å². The topological polar surface area (TPSA) is 82.5 Å². The normalized spacial score (nSPS) is 14.5. The monoisotopic (exact) mass is 416 g/mol. The highest BCUT2D eigenvalue weighted by molar-refractivity contribution is 6.39. The first-order valence-corrected chi connectivity index (χ1v) is 10.1. The minimum absolute atomic E-state index is 0.123. The van der Waals surface area contributed by atoms with Gasteiger partial charge in [-0.15, -0.1) is 0 Å². The number of likely N-dealkylation sites (N-methyl/N-ethyl adjacent to an activating group) is 1. The van der Waals surface area contributed by atoms with Gasteiger partial charge < -0.3 is 14.5 Å². The van der Waals surface area contributed by atoms with E-state index < -0.39 is 11.6 Å². The Bertz CT molecular complexity index is 784. The molecular weight excluding hydrogens is 384 g/mol. The van der Waals surface area contributed by atoms with Gasteiger partial charge in [-0.1, -0.05) is 30.3 Å². The lowest BCUT2D eigenvalue weighted by Crippen LogP contribution is -2.46. The molecule has 0 spiro atoms. The molecule has 8 nitrogen and oxygen atoms in total. The molecule has 30 heavy (non-hydrogen) atoms. The Hall–Kier alpha value is -2.74. The Morgan fingerprint density at radius 3 is 2.37 bits per heavy atom. The van der Waals surface area contributed by atoms with Gasteiger partial charge in [-0.25, -0.2) is 5.01 Å². The number of rotatable bonds is 8. The summed E-state index contributed by atoms with van der Waals surface area (Å²) in [5.74, 6) is -0.932. The molecule has 0 aromatic heterocycles. The molecule has 0 aliphatic carbocycles. The zero-order chi connectivity index (χ0) is 22.3. The Labute approximate surface area is 178 Å². The molecule has 1 aliphatic heterocycles. The van der Waals surface area contributed by atoms with E-state index in [0.717, 1.165) is 5.56 Å². The van der Waals surface area contributed by atoms with Crippen molar-refractivity contribution < 1.29 is 19.1 Å². The lowest BCUT2D eigenvalue weighted by Gasteiger charge is -2.29. The molecule has 1 aromatic carbocycles. The fourth-order valence-electron chi connectivity index (χ4n) is 2.92. The third-order valence-corrected chi connectivity index (χ3v) is 4.37. The van der Waals surface area contributed by atoms with Gasteiger partial charge in [-0.2, -0.15) is 5.10 Å². The maximum absolute atomic E-state index is 13.1. The number of amides is 2. The molecule has 2 amide bonds. The van der Waals surface area contributed by atoms with Crippen LogP contribution in [0.25, 0.3) is 0 Å². The number of hydrazone groups is 1. The lowest BCUT2D eigenvalue weighted by molar-refractivity contribution is -0.158. The molecule has 0 unspecified atom stereocenters. The first kappa shape index (κ1) is 23.5. The van der Waals surface area contributed by atoms with Crippen molar-refractivity contribution in [2.75, 3.05) is 33.7 Å². The van der Waals surface area contributed by atoms with Gasteiger partial charge in [0, 0.05) is 25.9 Å². The van der Waals surface area contributed by atoms with Crippen LogP contribution in [0.15, 0.2) is 35.4 Å². The van der Waals surface area contributed by atoms with E-state index in [1.165, 1.54) is 9.91 Å². The van der Waals surface area contributed by atoms with Crippen molar-refractivity contribution >= 4 is 23.5 Å². The van der Waals surface area contributed by atoms with Crippen LogP contribution in [0.4, 0.5) is 0 Å². The Balaban J connectivity index is 2.16. The first-order chi connectivity index (χ1) is 14.0. The number of hydrogen-bond donors (Lipinski definition) is 0. The highest BCUT2D eigenvalue weighted by atomic mass is 16.6. The highest BCUT2D eigenvalue weighted by Gasteiger charge is 2.29. The number of carbonyl (C=O) groups excluding carboxylic acids is 3. The van der Waals surface area contributed by atoms with Gasteiger partial charge in [0.2, 0.25) is 5.91 Å². The molecule has 2 rings (SSSR count). The average Bonchev–Trinajstić information content (AvgIpc) is 2.65. The van der Waals surface area contributed by atoms with Crippen LogP contribution in [0.3, 0.4) is 0 Å². The van der Waals surface area contributed by atoms with Crippen LogP contribution >= 0.6 is 0 Å². The van der Waals surface area contributed by atoms with Gasteiger partial charge in [-0.3, -0.25) is 14.4 Å². The molecule has 164 valence electrons. The van der Waals surface area contributed by atoms with E-state index in [4.69, 9.17) is 4.74 Å². The molecule has 0 N–H and O–H groups in total. The Morgan fingerprint density at radius 2 is 1.77 bits per heavy atom. The fourth-order valence-corrected chi connectivity index (χ4v) is 2.92. The van der Waals surface area contributed by atoms with E-state index in [2.05, 4.69) is 5.10 Å². The van der Waals surface area contributed by atoms with E-state index >= 15 is 0 Å². The maximum Gasteiger partial charge on any atom is 0.326 e. The third kappa shape index (κ3) is 7.59. The molecule has 0 saturated carbocycles. The number of esters is 1. The molecule has 0 fully saturated rings. The molecule has 1 aliphatic rings. The molecule has 8 heteroatoms. The first-order valence-electron chi connectivity index (χ1n) is 10.1. The smallest absolute Gasteiger partial charge is 0.326 e. The zero-order valence-corrected chi connectivity index (χ0v) is 18.6. The molecule has 1 aromatic rings. The van der Waals surface area contributed by atoms with Gasteiger partial charge in [0.05, 0.1) is 6.54 Å². The van der Waals surface area contributed by atoms with Gasteiger partial charge in [0.15, 0.2) is 0 Å². The minimum atomic E-state index is -0.630. The predicted octanol–water partition coefficient (Wildman–Crippen LogP) is 1.90. The molecule has 0 saturated heterocycles. The summed E-state index contributed by atoms with van der Waals surface area (Å²) in [4.78, 5) is 41.2. The van der Waals surface area contributed by atoms with Crippen LogP contribution in [-0.2, 0) is 25.7 Å². The summed E-state index contributed by atoms with van der Waals surface area (Å²) in [6.45, 7) is 6.46. The fraction of sp³-hybridized carbons (Fsp3) is 0.545. The largest absolute Gasteiger partial charge is 0.459 e. The molecular formula is C22H32N4O4. The summed E-state index contributed by atoms with van der Waals surface area (Å²) in [7, 11) is 3.79. The second-order valence-electron chi connectivity index (χ2n) is 8.60. The van der Waals surface area contributed by atoms with Gasteiger partial charge >= 0.3 is 5.97 Å². The Morgan fingerprint density at radius 1 is 1.10 bits per heavy atom. The summed E-state index contributed by atoms with van der Waals surface area (Å²) in [6, 6.07) is 9.50. The third-order valence-electron chi connectivity index (χ3n) is 4.37. The number of carbonyl (C=O) groups is 3. The van der Waals surface area contributed by atoms with Crippen molar-refractivity contribution in [3.05, 3.63) is 35.9 Å². The number of hydrogen-bond acceptors (Lipinski definition) is 6. The number of nitrogens with zero attached hydrogens (tertiary/aromatic N) is 4. The maximum atomic E-state index is 13.1. The van der Waals surface area contributed by atoms with E-state index in [0.29, 0.717) is 19.6 Å². The van der Waals surface area contributed by atoms with Crippen LogP contribution in [0.2, 0.25) is 0 Å². The summed E-state index contributed by atoms with van der Waals surface area (Å²) >= 11 is 0.